The third kappa shape index (κ3) is 2.41. The first-order valence-electron chi connectivity index (χ1n) is 6.40. The Morgan fingerprint density at radius 3 is 2.29 bits per heavy atom. The number of rotatable bonds is 2. The summed E-state index contributed by atoms with van der Waals surface area (Å²) in [5.41, 5.74) is -0.621. The summed E-state index contributed by atoms with van der Waals surface area (Å²) in [5.74, 6) is 0.236. The van der Waals surface area contributed by atoms with Gasteiger partial charge in [-0.2, -0.15) is 0 Å². The van der Waals surface area contributed by atoms with Crippen molar-refractivity contribution in [2.75, 3.05) is 12.4 Å². The fourth-order valence-electron chi connectivity index (χ4n) is 2.81. The van der Waals surface area contributed by atoms with Gasteiger partial charge in [-0.15, -0.1) is 11.6 Å². The lowest BCUT2D eigenvalue weighted by Crippen LogP contribution is -2.47. The number of halogens is 1. The minimum absolute atomic E-state index is 0.0648. The third-order valence-electron chi connectivity index (χ3n) is 3.76. The summed E-state index contributed by atoms with van der Waals surface area (Å²) in [6, 6.07) is -0.267. The summed E-state index contributed by atoms with van der Waals surface area (Å²) in [7, 11) is 0. The predicted octanol–water partition coefficient (Wildman–Crippen LogP) is 2.26. The van der Waals surface area contributed by atoms with Crippen LogP contribution in [0.1, 0.15) is 44.9 Å². The Kier molecular flexibility index (Phi) is 3.92. The Balaban J connectivity index is 2.13. The molecule has 0 aromatic heterocycles. The van der Waals surface area contributed by atoms with Gasteiger partial charge in [-0.3, -0.25) is 9.69 Å². The normalized spacial score (nSPS) is 24.6. The lowest BCUT2D eigenvalue weighted by Gasteiger charge is -2.28. The van der Waals surface area contributed by atoms with Crippen molar-refractivity contribution in [3.8, 4) is 0 Å². The first-order chi connectivity index (χ1) is 8.19. The zero-order chi connectivity index (χ0) is 12.3. The molecule has 0 aromatic carbocycles. The zero-order valence-electron chi connectivity index (χ0n) is 10.0. The van der Waals surface area contributed by atoms with E-state index < -0.39 is 5.54 Å². The molecule has 0 radical (unpaired) electrons. The minimum Gasteiger partial charge on any atom is -0.323 e. The SMILES string of the molecule is O=C1NC2(CCCCCCC2)C(=O)N1CCCl. The van der Waals surface area contributed by atoms with Crippen molar-refractivity contribution in [3.63, 3.8) is 0 Å². The smallest absolute Gasteiger partial charge is 0.323 e. The van der Waals surface area contributed by atoms with Crippen molar-refractivity contribution >= 4 is 23.5 Å². The maximum atomic E-state index is 12.3. The van der Waals surface area contributed by atoms with Crippen LogP contribution < -0.4 is 5.32 Å². The molecule has 1 saturated heterocycles. The number of hydrogen-bond donors (Lipinski definition) is 1. The standard InChI is InChI=1S/C12H19ClN2O2/c13-8-9-15-10(16)12(14-11(15)17)6-4-2-1-3-5-7-12/h1-9H2,(H,14,17). The highest BCUT2D eigenvalue weighted by Gasteiger charge is 2.49. The lowest BCUT2D eigenvalue weighted by atomic mass is 9.84. The molecule has 0 atom stereocenters. The van der Waals surface area contributed by atoms with Gasteiger partial charge in [0.25, 0.3) is 5.91 Å². The summed E-state index contributed by atoms with van der Waals surface area (Å²) in [6.07, 6.45) is 7.12. The van der Waals surface area contributed by atoms with Crippen LogP contribution >= 0.6 is 11.6 Å². The molecule has 17 heavy (non-hydrogen) atoms. The number of amides is 3. The number of imide groups is 1. The predicted molar refractivity (Wildman–Crippen MR) is 66.0 cm³/mol. The quantitative estimate of drug-likeness (QED) is 0.610. The molecule has 1 spiro atoms. The highest BCUT2D eigenvalue weighted by atomic mass is 35.5. The summed E-state index contributed by atoms with van der Waals surface area (Å²) in [5, 5.41) is 2.90. The maximum absolute atomic E-state index is 12.3. The van der Waals surface area contributed by atoms with Gasteiger partial charge in [0.1, 0.15) is 5.54 Å². The third-order valence-corrected chi connectivity index (χ3v) is 3.93. The van der Waals surface area contributed by atoms with Gasteiger partial charge >= 0.3 is 6.03 Å². The van der Waals surface area contributed by atoms with Gasteiger partial charge in [0.05, 0.1) is 0 Å². The van der Waals surface area contributed by atoms with Crippen LogP contribution in [0.2, 0.25) is 0 Å². The topological polar surface area (TPSA) is 49.4 Å². The van der Waals surface area contributed by atoms with Crippen molar-refractivity contribution in [2.24, 2.45) is 0 Å². The van der Waals surface area contributed by atoms with Crippen LogP contribution in [-0.2, 0) is 4.79 Å². The Hall–Kier alpha value is -0.770. The minimum atomic E-state index is -0.621. The van der Waals surface area contributed by atoms with E-state index >= 15 is 0 Å². The highest BCUT2D eigenvalue weighted by molar-refractivity contribution is 6.18. The average molecular weight is 259 g/mol. The Morgan fingerprint density at radius 1 is 1.12 bits per heavy atom. The first-order valence-corrected chi connectivity index (χ1v) is 6.93. The number of nitrogens with zero attached hydrogens (tertiary/aromatic N) is 1. The van der Waals surface area contributed by atoms with E-state index in [1.165, 1.54) is 11.3 Å². The van der Waals surface area contributed by atoms with Gasteiger partial charge in [0.2, 0.25) is 0 Å². The fourth-order valence-corrected chi connectivity index (χ4v) is 2.98. The molecule has 0 aromatic rings. The number of urea groups is 1. The lowest BCUT2D eigenvalue weighted by molar-refractivity contribution is -0.131. The maximum Gasteiger partial charge on any atom is 0.325 e. The average Bonchev–Trinajstić information content (AvgIpc) is 2.50. The number of nitrogens with one attached hydrogen (secondary N) is 1. The van der Waals surface area contributed by atoms with Crippen LogP contribution in [0.25, 0.3) is 0 Å². The summed E-state index contributed by atoms with van der Waals surface area (Å²) < 4.78 is 0. The molecule has 1 N–H and O–H groups in total. The number of carbonyl (C=O) groups is 2. The number of hydrogen-bond acceptors (Lipinski definition) is 2. The molecule has 1 aliphatic heterocycles. The summed E-state index contributed by atoms with van der Waals surface area (Å²) >= 11 is 5.62. The van der Waals surface area contributed by atoms with Crippen LogP contribution in [0.5, 0.6) is 0 Å². The molecule has 3 amide bonds. The van der Waals surface area contributed by atoms with E-state index in [1.807, 2.05) is 0 Å². The molecule has 96 valence electrons. The van der Waals surface area contributed by atoms with Gasteiger partial charge < -0.3 is 5.32 Å². The Bertz CT molecular complexity index is 312. The van der Waals surface area contributed by atoms with Crippen LogP contribution in [0, 0.1) is 0 Å². The molecule has 5 heteroatoms. The molecule has 0 unspecified atom stereocenters. The molecule has 2 aliphatic rings. The van der Waals surface area contributed by atoms with Gasteiger partial charge in [-0.25, -0.2) is 4.79 Å². The first kappa shape index (κ1) is 12.7. The molecular weight excluding hydrogens is 240 g/mol. The van der Waals surface area contributed by atoms with Crippen molar-refractivity contribution < 1.29 is 9.59 Å². The van der Waals surface area contributed by atoms with Gasteiger partial charge in [0.15, 0.2) is 0 Å². The molecular formula is C12H19ClN2O2. The van der Waals surface area contributed by atoms with Gasteiger partial charge in [-0.05, 0) is 12.8 Å². The van der Waals surface area contributed by atoms with E-state index in [4.69, 9.17) is 11.6 Å². The van der Waals surface area contributed by atoms with E-state index in [0.717, 1.165) is 38.5 Å². The number of alkyl halides is 1. The van der Waals surface area contributed by atoms with Gasteiger partial charge in [0, 0.05) is 12.4 Å². The Morgan fingerprint density at radius 2 is 1.71 bits per heavy atom. The van der Waals surface area contributed by atoms with E-state index in [2.05, 4.69) is 5.32 Å². The van der Waals surface area contributed by atoms with Crippen molar-refractivity contribution in [3.05, 3.63) is 0 Å². The molecule has 2 rings (SSSR count). The molecule has 1 aliphatic carbocycles. The van der Waals surface area contributed by atoms with E-state index in [-0.39, 0.29) is 11.9 Å². The monoisotopic (exact) mass is 258 g/mol. The zero-order valence-corrected chi connectivity index (χ0v) is 10.8. The molecule has 2 fully saturated rings. The fraction of sp³-hybridized carbons (Fsp3) is 0.833. The molecule has 0 bridgehead atoms. The largest absolute Gasteiger partial charge is 0.325 e. The van der Waals surface area contributed by atoms with Gasteiger partial charge in [-0.1, -0.05) is 32.1 Å². The Labute approximate surface area is 107 Å². The van der Waals surface area contributed by atoms with Crippen LogP contribution in [0.15, 0.2) is 0 Å². The second-order valence-electron chi connectivity index (χ2n) is 4.93. The highest BCUT2D eigenvalue weighted by Crippen LogP contribution is 2.31. The summed E-state index contributed by atoms with van der Waals surface area (Å²) in [4.78, 5) is 25.4. The molecule has 1 saturated carbocycles. The van der Waals surface area contributed by atoms with Crippen molar-refractivity contribution in [2.45, 2.75) is 50.5 Å². The van der Waals surface area contributed by atoms with E-state index in [9.17, 15) is 9.59 Å². The van der Waals surface area contributed by atoms with Crippen LogP contribution in [0.3, 0.4) is 0 Å². The van der Waals surface area contributed by atoms with Crippen molar-refractivity contribution in [1.82, 2.24) is 10.2 Å². The van der Waals surface area contributed by atoms with Crippen molar-refractivity contribution in [1.29, 1.82) is 0 Å². The van der Waals surface area contributed by atoms with E-state index in [0.29, 0.717) is 12.4 Å². The summed E-state index contributed by atoms with van der Waals surface area (Å²) in [6.45, 7) is 0.313. The second kappa shape index (κ2) is 5.25. The second-order valence-corrected chi connectivity index (χ2v) is 5.30. The van der Waals surface area contributed by atoms with Crippen LogP contribution in [-0.4, -0.2) is 34.8 Å². The molecule has 1 heterocycles. The van der Waals surface area contributed by atoms with Crippen LogP contribution in [0.4, 0.5) is 4.79 Å². The number of carbonyl (C=O) groups excluding carboxylic acids is 2. The van der Waals surface area contributed by atoms with E-state index in [1.54, 1.807) is 0 Å². The molecule has 4 nitrogen and oxygen atoms in total.